The van der Waals surface area contributed by atoms with E-state index in [1.54, 1.807) is 66.0 Å². The second-order valence-corrected chi connectivity index (χ2v) is 9.59. The first-order valence-corrected chi connectivity index (χ1v) is 11.4. The van der Waals surface area contributed by atoms with Crippen LogP contribution in [-0.4, -0.2) is 34.5 Å². The Hall–Kier alpha value is -2.55. The molecular formula is C20H19ClN2O4S2. The SMILES string of the molecule is CN(c1ccc(C(=O)NCCOc2ccc(Cl)cc2)cc1)S(=O)(=O)c1cccs1. The van der Waals surface area contributed by atoms with Gasteiger partial charge >= 0.3 is 0 Å². The normalized spacial score (nSPS) is 11.1. The number of sulfonamides is 1. The van der Waals surface area contributed by atoms with Gasteiger partial charge in [-0.3, -0.25) is 9.10 Å². The predicted molar refractivity (Wildman–Crippen MR) is 116 cm³/mol. The van der Waals surface area contributed by atoms with Crippen LogP contribution in [0.5, 0.6) is 5.75 Å². The molecule has 3 rings (SSSR count). The third-order valence-electron chi connectivity index (χ3n) is 4.07. The maximum Gasteiger partial charge on any atom is 0.273 e. The highest BCUT2D eigenvalue weighted by atomic mass is 35.5. The highest BCUT2D eigenvalue weighted by Gasteiger charge is 2.22. The van der Waals surface area contributed by atoms with Crippen molar-refractivity contribution < 1.29 is 17.9 Å². The summed E-state index contributed by atoms with van der Waals surface area (Å²) in [7, 11) is -2.12. The largest absolute Gasteiger partial charge is 0.492 e. The van der Waals surface area contributed by atoms with Gasteiger partial charge in [0.25, 0.3) is 15.9 Å². The Morgan fingerprint density at radius 2 is 1.79 bits per heavy atom. The van der Waals surface area contributed by atoms with E-state index in [2.05, 4.69) is 5.32 Å². The predicted octanol–water partition coefficient (Wildman–Crippen LogP) is 4.04. The molecule has 0 aliphatic heterocycles. The summed E-state index contributed by atoms with van der Waals surface area (Å²) in [4.78, 5) is 12.3. The third-order valence-corrected chi connectivity index (χ3v) is 7.48. The smallest absolute Gasteiger partial charge is 0.273 e. The second-order valence-electron chi connectivity index (χ2n) is 6.01. The van der Waals surface area contributed by atoms with Crippen LogP contribution in [0.4, 0.5) is 5.69 Å². The van der Waals surface area contributed by atoms with Gasteiger partial charge in [0.2, 0.25) is 0 Å². The van der Waals surface area contributed by atoms with Crippen LogP contribution in [0.25, 0.3) is 0 Å². The number of hydrogen-bond donors (Lipinski definition) is 1. The number of nitrogens with zero attached hydrogens (tertiary/aromatic N) is 1. The lowest BCUT2D eigenvalue weighted by Crippen LogP contribution is -2.28. The molecule has 0 saturated carbocycles. The van der Waals surface area contributed by atoms with E-state index in [9.17, 15) is 13.2 Å². The summed E-state index contributed by atoms with van der Waals surface area (Å²) in [6, 6.07) is 16.6. The Kier molecular flexibility index (Phi) is 6.79. The summed E-state index contributed by atoms with van der Waals surface area (Å²) in [6.07, 6.45) is 0. The topological polar surface area (TPSA) is 75.7 Å². The zero-order valence-electron chi connectivity index (χ0n) is 15.5. The molecule has 0 aliphatic rings. The maximum absolute atomic E-state index is 12.6. The molecule has 0 bridgehead atoms. The number of halogens is 1. The average Bonchev–Trinajstić information content (AvgIpc) is 3.28. The molecule has 6 nitrogen and oxygen atoms in total. The van der Waals surface area contributed by atoms with Gasteiger partial charge in [0.1, 0.15) is 16.6 Å². The van der Waals surface area contributed by atoms with Gasteiger partial charge in [-0.2, -0.15) is 0 Å². The lowest BCUT2D eigenvalue weighted by molar-refractivity contribution is 0.0947. The van der Waals surface area contributed by atoms with E-state index in [4.69, 9.17) is 16.3 Å². The Labute approximate surface area is 178 Å². The molecule has 0 saturated heterocycles. The highest BCUT2D eigenvalue weighted by molar-refractivity contribution is 7.94. The molecule has 9 heteroatoms. The maximum atomic E-state index is 12.6. The first-order chi connectivity index (χ1) is 13.9. The molecule has 1 amide bonds. The van der Waals surface area contributed by atoms with Crippen LogP contribution in [0.15, 0.2) is 70.3 Å². The van der Waals surface area contributed by atoms with E-state index in [0.29, 0.717) is 35.2 Å². The minimum atomic E-state index is -3.60. The number of hydrogen-bond acceptors (Lipinski definition) is 5. The van der Waals surface area contributed by atoms with E-state index < -0.39 is 10.0 Å². The quantitative estimate of drug-likeness (QED) is 0.525. The zero-order valence-corrected chi connectivity index (χ0v) is 17.9. The van der Waals surface area contributed by atoms with Crippen LogP contribution >= 0.6 is 22.9 Å². The van der Waals surface area contributed by atoms with Gasteiger partial charge in [-0.05, 0) is 60.0 Å². The number of carbonyl (C=O) groups excluding carboxylic acids is 1. The van der Waals surface area contributed by atoms with Crippen molar-refractivity contribution in [3.63, 3.8) is 0 Å². The molecule has 0 aliphatic carbocycles. The molecule has 1 N–H and O–H groups in total. The van der Waals surface area contributed by atoms with Crippen LogP contribution in [0.3, 0.4) is 0 Å². The standard InChI is InChI=1S/C20H19ClN2O4S2/c1-23(29(25,26)19-3-2-14-28-19)17-8-4-15(5-9-17)20(24)22-12-13-27-18-10-6-16(21)7-11-18/h2-11,14H,12-13H2,1H3,(H,22,24). The molecule has 1 aromatic heterocycles. The third kappa shape index (κ3) is 5.29. The van der Waals surface area contributed by atoms with Crippen LogP contribution in [0, 0.1) is 0 Å². The number of carbonyl (C=O) groups is 1. The monoisotopic (exact) mass is 450 g/mol. The van der Waals surface area contributed by atoms with Crippen molar-refractivity contribution in [1.29, 1.82) is 0 Å². The second kappa shape index (κ2) is 9.30. The number of nitrogens with one attached hydrogen (secondary N) is 1. The number of benzene rings is 2. The first-order valence-electron chi connectivity index (χ1n) is 8.67. The van der Waals surface area contributed by atoms with Gasteiger partial charge in [-0.15, -0.1) is 11.3 Å². The molecule has 0 fully saturated rings. The van der Waals surface area contributed by atoms with Gasteiger partial charge in [0.15, 0.2) is 0 Å². The van der Waals surface area contributed by atoms with Gasteiger partial charge in [0.05, 0.1) is 12.2 Å². The van der Waals surface area contributed by atoms with E-state index in [1.807, 2.05) is 0 Å². The van der Waals surface area contributed by atoms with Crippen LogP contribution in [0.1, 0.15) is 10.4 Å². The number of thiophene rings is 1. The van der Waals surface area contributed by atoms with Crippen molar-refractivity contribution in [3.8, 4) is 5.75 Å². The Bertz CT molecular complexity index is 1050. The van der Waals surface area contributed by atoms with Crippen LogP contribution in [0.2, 0.25) is 5.02 Å². The Morgan fingerprint density at radius 1 is 1.10 bits per heavy atom. The average molecular weight is 451 g/mol. The molecular weight excluding hydrogens is 432 g/mol. The Morgan fingerprint density at radius 3 is 2.41 bits per heavy atom. The lowest BCUT2D eigenvalue weighted by Gasteiger charge is -2.18. The molecule has 0 spiro atoms. The van der Waals surface area contributed by atoms with Crippen molar-refractivity contribution in [2.75, 3.05) is 24.5 Å². The van der Waals surface area contributed by atoms with Crippen LogP contribution in [-0.2, 0) is 10.0 Å². The summed E-state index contributed by atoms with van der Waals surface area (Å²) in [5.41, 5.74) is 0.906. The van der Waals surface area contributed by atoms with E-state index >= 15 is 0 Å². The number of amides is 1. The van der Waals surface area contributed by atoms with Gasteiger partial charge in [-0.1, -0.05) is 17.7 Å². The van der Waals surface area contributed by atoms with E-state index in [1.165, 1.54) is 11.4 Å². The molecule has 2 aromatic carbocycles. The van der Waals surface area contributed by atoms with Gasteiger partial charge < -0.3 is 10.1 Å². The van der Waals surface area contributed by atoms with Gasteiger partial charge in [0, 0.05) is 17.6 Å². The molecule has 29 heavy (non-hydrogen) atoms. The Balaban J connectivity index is 1.54. The number of anilines is 1. The molecule has 0 atom stereocenters. The summed E-state index contributed by atoms with van der Waals surface area (Å²) >= 11 is 6.97. The number of ether oxygens (including phenoxy) is 1. The zero-order chi connectivity index (χ0) is 20.9. The first kappa shape index (κ1) is 21.2. The van der Waals surface area contributed by atoms with Crippen LogP contribution < -0.4 is 14.4 Å². The molecule has 152 valence electrons. The van der Waals surface area contributed by atoms with Crippen molar-refractivity contribution >= 4 is 44.6 Å². The van der Waals surface area contributed by atoms with Crippen molar-refractivity contribution in [2.45, 2.75) is 4.21 Å². The van der Waals surface area contributed by atoms with Crippen molar-refractivity contribution in [2.24, 2.45) is 0 Å². The lowest BCUT2D eigenvalue weighted by atomic mass is 10.2. The van der Waals surface area contributed by atoms with Crippen molar-refractivity contribution in [1.82, 2.24) is 5.32 Å². The summed E-state index contributed by atoms with van der Waals surface area (Å²) in [5.74, 6) is 0.406. The van der Waals surface area contributed by atoms with E-state index in [-0.39, 0.29) is 10.1 Å². The fraction of sp³-hybridized carbons (Fsp3) is 0.150. The summed E-state index contributed by atoms with van der Waals surface area (Å²) < 4.78 is 32.1. The fourth-order valence-corrected chi connectivity index (χ4v) is 4.96. The minimum absolute atomic E-state index is 0.264. The molecule has 0 unspecified atom stereocenters. The molecule has 0 radical (unpaired) electrons. The summed E-state index contributed by atoms with van der Waals surface area (Å²) in [5, 5.41) is 5.10. The summed E-state index contributed by atoms with van der Waals surface area (Å²) in [6.45, 7) is 0.642. The molecule has 3 aromatic rings. The molecule has 1 heterocycles. The van der Waals surface area contributed by atoms with Crippen molar-refractivity contribution in [3.05, 3.63) is 76.6 Å². The van der Waals surface area contributed by atoms with E-state index in [0.717, 1.165) is 11.3 Å². The minimum Gasteiger partial charge on any atom is -0.492 e. The fourth-order valence-electron chi connectivity index (χ4n) is 2.47. The highest BCUT2D eigenvalue weighted by Crippen LogP contribution is 2.25. The number of rotatable bonds is 8. The van der Waals surface area contributed by atoms with Gasteiger partial charge in [-0.25, -0.2) is 8.42 Å².